The summed E-state index contributed by atoms with van der Waals surface area (Å²) in [5.74, 6) is 1.35. The van der Waals surface area contributed by atoms with Crippen LogP contribution in [0.25, 0.3) is 0 Å². The lowest BCUT2D eigenvalue weighted by Gasteiger charge is -2.29. The number of morpholine rings is 1. The molecule has 20 heavy (non-hydrogen) atoms. The van der Waals surface area contributed by atoms with Gasteiger partial charge in [-0.25, -0.2) is 0 Å². The van der Waals surface area contributed by atoms with Crippen LogP contribution in [0.3, 0.4) is 0 Å². The highest BCUT2D eigenvalue weighted by Crippen LogP contribution is 2.29. The van der Waals surface area contributed by atoms with Crippen LogP contribution >= 0.6 is 12.6 Å². The number of thiol groups is 1. The third-order valence-electron chi connectivity index (χ3n) is 3.98. The van der Waals surface area contributed by atoms with Crippen LogP contribution in [-0.4, -0.2) is 44.5 Å². The SMILES string of the molecule is O=C1CC(CS)CN1c1cccc(N2CCOCC2)c1. The quantitative estimate of drug-likeness (QED) is 0.863. The number of benzene rings is 1. The molecule has 2 aliphatic heterocycles. The van der Waals surface area contributed by atoms with Crippen LogP contribution in [0.4, 0.5) is 11.4 Å². The van der Waals surface area contributed by atoms with Crippen molar-refractivity contribution >= 4 is 29.9 Å². The van der Waals surface area contributed by atoms with Crippen molar-refractivity contribution in [1.29, 1.82) is 0 Å². The van der Waals surface area contributed by atoms with E-state index in [2.05, 4.69) is 29.7 Å². The molecule has 2 saturated heterocycles. The molecule has 3 rings (SSSR count). The first kappa shape index (κ1) is 13.8. The van der Waals surface area contributed by atoms with Crippen molar-refractivity contribution in [2.75, 3.05) is 48.4 Å². The van der Waals surface area contributed by atoms with Crippen LogP contribution in [0.15, 0.2) is 24.3 Å². The first-order valence-electron chi connectivity index (χ1n) is 7.12. The van der Waals surface area contributed by atoms with Crippen molar-refractivity contribution in [3.05, 3.63) is 24.3 Å². The molecule has 4 nitrogen and oxygen atoms in total. The van der Waals surface area contributed by atoms with Crippen molar-refractivity contribution in [1.82, 2.24) is 0 Å². The predicted octanol–water partition coefficient (Wildman–Crippen LogP) is 1.81. The van der Waals surface area contributed by atoms with Crippen LogP contribution < -0.4 is 9.80 Å². The minimum Gasteiger partial charge on any atom is -0.378 e. The zero-order chi connectivity index (χ0) is 13.9. The summed E-state index contributed by atoms with van der Waals surface area (Å²) in [5.41, 5.74) is 2.18. The third-order valence-corrected chi connectivity index (χ3v) is 4.50. The van der Waals surface area contributed by atoms with E-state index in [1.54, 1.807) is 0 Å². The molecule has 0 spiro atoms. The van der Waals surface area contributed by atoms with Crippen LogP contribution in [0.2, 0.25) is 0 Å². The highest BCUT2D eigenvalue weighted by atomic mass is 32.1. The van der Waals surface area contributed by atoms with E-state index < -0.39 is 0 Å². The Kier molecular flexibility index (Phi) is 4.17. The highest BCUT2D eigenvalue weighted by Gasteiger charge is 2.29. The Morgan fingerprint density at radius 1 is 1.25 bits per heavy atom. The van der Waals surface area contributed by atoms with Crippen molar-refractivity contribution in [3.63, 3.8) is 0 Å². The molecule has 2 fully saturated rings. The van der Waals surface area contributed by atoms with E-state index >= 15 is 0 Å². The van der Waals surface area contributed by atoms with Crippen LogP contribution in [0, 0.1) is 5.92 Å². The summed E-state index contributed by atoms with van der Waals surface area (Å²) in [7, 11) is 0. The monoisotopic (exact) mass is 292 g/mol. The fraction of sp³-hybridized carbons (Fsp3) is 0.533. The molecule has 1 atom stereocenters. The number of nitrogens with zero attached hydrogens (tertiary/aromatic N) is 2. The molecule has 108 valence electrons. The summed E-state index contributed by atoms with van der Waals surface area (Å²) in [6, 6.07) is 8.26. The standard InChI is InChI=1S/C15H20N2O2S/c18-15-8-12(11-20)10-17(15)14-3-1-2-13(9-14)16-4-6-19-7-5-16/h1-3,9,12,20H,4-8,10-11H2. The molecular weight excluding hydrogens is 272 g/mol. The second-order valence-electron chi connectivity index (χ2n) is 5.38. The lowest BCUT2D eigenvalue weighted by Crippen LogP contribution is -2.36. The smallest absolute Gasteiger partial charge is 0.227 e. The maximum atomic E-state index is 12.1. The molecule has 1 aromatic rings. The zero-order valence-electron chi connectivity index (χ0n) is 11.5. The summed E-state index contributed by atoms with van der Waals surface area (Å²) >= 11 is 4.31. The lowest BCUT2D eigenvalue weighted by molar-refractivity contribution is -0.117. The largest absolute Gasteiger partial charge is 0.378 e. The van der Waals surface area contributed by atoms with E-state index in [1.165, 1.54) is 5.69 Å². The van der Waals surface area contributed by atoms with Crippen molar-refractivity contribution < 1.29 is 9.53 Å². The van der Waals surface area contributed by atoms with Gasteiger partial charge in [-0.2, -0.15) is 12.6 Å². The molecule has 0 radical (unpaired) electrons. The number of ether oxygens (including phenoxy) is 1. The number of carbonyl (C=O) groups excluding carboxylic acids is 1. The Labute approximate surface area is 125 Å². The number of carbonyl (C=O) groups is 1. The van der Waals surface area contributed by atoms with Gasteiger partial charge in [-0.3, -0.25) is 4.79 Å². The molecule has 5 heteroatoms. The van der Waals surface area contributed by atoms with Crippen molar-refractivity contribution in [2.24, 2.45) is 5.92 Å². The molecule has 0 saturated carbocycles. The maximum absolute atomic E-state index is 12.1. The Balaban J connectivity index is 1.78. The molecule has 2 aliphatic rings. The van der Waals surface area contributed by atoms with E-state index in [4.69, 9.17) is 4.74 Å². The van der Waals surface area contributed by atoms with Gasteiger partial charge in [0.05, 0.1) is 13.2 Å². The third kappa shape index (κ3) is 2.79. The van der Waals surface area contributed by atoms with E-state index in [0.29, 0.717) is 12.3 Å². The van der Waals surface area contributed by atoms with Crippen molar-refractivity contribution in [2.45, 2.75) is 6.42 Å². The normalized spacial score (nSPS) is 23.4. The van der Waals surface area contributed by atoms with Crippen LogP contribution in [-0.2, 0) is 9.53 Å². The fourth-order valence-corrected chi connectivity index (χ4v) is 3.08. The Morgan fingerprint density at radius 3 is 2.70 bits per heavy atom. The molecule has 2 heterocycles. The Hall–Kier alpha value is -1.20. The first-order valence-corrected chi connectivity index (χ1v) is 7.75. The summed E-state index contributed by atoms with van der Waals surface area (Å²) < 4.78 is 5.38. The van der Waals surface area contributed by atoms with Gasteiger partial charge in [0.2, 0.25) is 5.91 Å². The van der Waals surface area contributed by atoms with E-state index in [-0.39, 0.29) is 5.91 Å². The van der Waals surface area contributed by atoms with Crippen molar-refractivity contribution in [3.8, 4) is 0 Å². The minimum atomic E-state index is 0.211. The summed E-state index contributed by atoms with van der Waals surface area (Å²) in [6.07, 6.45) is 0.616. The second kappa shape index (κ2) is 6.06. The Bertz CT molecular complexity index is 489. The molecule has 1 amide bonds. The highest BCUT2D eigenvalue weighted by molar-refractivity contribution is 7.80. The second-order valence-corrected chi connectivity index (χ2v) is 5.74. The van der Waals surface area contributed by atoms with Gasteiger partial charge in [0.25, 0.3) is 0 Å². The predicted molar refractivity (Wildman–Crippen MR) is 83.8 cm³/mol. The Morgan fingerprint density at radius 2 is 2.00 bits per heavy atom. The molecule has 0 aliphatic carbocycles. The maximum Gasteiger partial charge on any atom is 0.227 e. The van der Waals surface area contributed by atoms with Gasteiger partial charge in [-0.05, 0) is 29.9 Å². The number of anilines is 2. The fourth-order valence-electron chi connectivity index (χ4n) is 2.83. The van der Waals surface area contributed by atoms with Gasteiger partial charge >= 0.3 is 0 Å². The van der Waals surface area contributed by atoms with Gasteiger partial charge in [0.1, 0.15) is 0 Å². The lowest BCUT2D eigenvalue weighted by atomic mass is 10.1. The molecule has 0 N–H and O–H groups in total. The van der Waals surface area contributed by atoms with Gasteiger partial charge in [-0.15, -0.1) is 0 Å². The number of hydrogen-bond acceptors (Lipinski definition) is 4. The van der Waals surface area contributed by atoms with Gasteiger partial charge in [-0.1, -0.05) is 6.07 Å². The number of amides is 1. The minimum absolute atomic E-state index is 0.211. The zero-order valence-corrected chi connectivity index (χ0v) is 12.4. The van der Waals surface area contributed by atoms with Gasteiger partial charge < -0.3 is 14.5 Å². The molecule has 0 aromatic heterocycles. The average molecular weight is 292 g/mol. The number of hydrogen-bond donors (Lipinski definition) is 1. The molecule has 1 unspecified atom stereocenters. The van der Waals surface area contributed by atoms with Crippen LogP contribution in [0.1, 0.15) is 6.42 Å². The number of rotatable bonds is 3. The van der Waals surface area contributed by atoms with Gasteiger partial charge in [0.15, 0.2) is 0 Å². The van der Waals surface area contributed by atoms with E-state index in [9.17, 15) is 4.79 Å². The van der Waals surface area contributed by atoms with Crippen LogP contribution in [0.5, 0.6) is 0 Å². The summed E-state index contributed by atoms with van der Waals surface area (Å²) in [4.78, 5) is 16.3. The average Bonchev–Trinajstić information content (AvgIpc) is 2.89. The van der Waals surface area contributed by atoms with E-state index in [0.717, 1.165) is 44.3 Å². The topological polar surface area (TPSA) is 32.8 Å². The molecule has 1 aromatic carbocycles. The molecular formula is C15H20N2O2S. The molecule has 0 bridgehead atoms. The van der Waals surface area contributed by atoms with E-state index in [1.807, 2.05) is 17.0 Å². The summed E-state index contributed by atoms with van der Waals surface area (Å²) in [6.45, 7) is 4.16. The first-order chi connectivity index (χ1) is 9.78. The van der Waals surface area contributed by atoms with Gasteiger partial charge in [0, 0.05) is 37.4 Å². The summed E-state index contributed by atoms with van der Waals surface area (Å²) in [5, 5.41) is 0.